The summed E-state index contributed by atoms with van der Waals surface area (Å²) in [6.45, 7) is 2.60. The lowest BCUT2D eigenvalue weighted by atomic mass is 10.2. The molecule has 0 fully saturated rings. The fourth-order valence-electron chi connectivity index (χ4n) is 2.39. The number of hydrogen-bond donors (Lipinski definition) is 2. The van der Waals surface area contributed by atoms with E-state index < -0.39 is 17.9 Å². The van der Waals surface area contributed by atoms with Gasteiger partial charge < -0.3 is 20.1 Å². The number of carbonyl (C=O) groups excluding carboxylic acids is 2. The first kappa shape index (κ1) is 19.4. The summed E-state index contributed by atoms with van der Waals surface area (Å²) in [5.74, 6) is -0.273. The minimum absolute atomic E-state index is 0.261. The van der Waals surface area contributed by atoms with Crippen molar-refractivity contribution < 1.29 is 19.1 Å². The topological polar surface area (TPSA) is 89.5 Å². The lowest BCUT2D eigenvalue weighted by Crippen LogP contribution is -2.34. The van der Waals surface area contributed by atoms with E-state index in [1.54, 1.807) is 43.6 Å². The first-order chi connectivity index (χ1) is 12.6. The first-order valence-corrected chi connectivity index (χ1v) is 8.35. The molecule has 0 saturated carbocycles. The zero-order valence-electron chi connectivity index (χ0n) is 14.9. The number of ether oxygens (including phenoxy) is 2. The average Bonchev–Trinajstić information content (AvgIpc) is 2.64. The number of methoxy groups -OCH3 is 1. The molecule has 7 nitrogen and oxygen atoms in total. The van der Waals surface area contributed by atoms with Crippen molar-refractivity contribution in [3.8, 4) is 5.75 Å². The molecule has 1 aromatic heterocycles. The van der Waals surface area contributed by atoms with E-state index in [-0.39, 0.29) is 13.0 Å². The largest absolute Gasteiger partial charge is 0.492 e. The van der Waals surface area contributed by atoms with Crippen molar-refractivity contribution in [2.75, 3.05) is 25.6 Å². The minimum atomic E-state index is -0.424. The molecule has 0 bridgehead atoms. The molecule has 0 aliphatic carbocycles. The Morgan fingerprint density at radius 2 is 1.88 bits per heavy atom. The van der Waals surface area contributed by atoms with Crippen LogP contribution in [0.15, 0.2) is 48.7 Å². The second kappa shape index (κ2) is 10.1. The molecule has 1 aromatic carbocycles. The lowest BCUT2D eigenvalue weighted by molar-refractivity contribution is -0.127. The SMILES string of the molecule is CCOc1ccccc1NC(=O)CC(=O)NC(COC)c1ccccn1. The summed E-state index contributed by atoms with van der Waals surface area (Å²) in [5, 5.41) is 5.47. The third kappa shape index (κ3) is 5.86. The normalized spacial score (nSPS) is 11.5. The van der Waals surface area contributed by atoms with Gasteiger partial charge in [0.25, 0.3) is 0 Å². The molecule has 1 atom stereocenters. The summed E-state index contributed by atoms with van der Waals surface area (Å²) in [7, 11) is 1.54. The van der Waals surface area contributed by atoms with Gasteiger partial charge in [-0.2, -0.15) is 0 Å². The molecule has 0 radical (unpaired) electrons. The van der Waals surface area contributed by atoms with Crippen LogP contribution in [0.4, 0.5) is 5.69 Å². The molecule has 7 heteroatoms. The van der Waals surface area contributed by atoms with Crippen molar-refractivity contribution in [2.24, 2.45) is 0 Å². The Morgan fingerprint density at radius 3 is 2.58 bits per heavy atom. The van der Waals surface area contributed by atoms with Crippen molar-refractivity contribution in [3.05, 3.63) is 54.4 Å². The predicted molar refractivity (Wildman–Crippen MR) is 97.9 cm³/mol. The Labute approximate surface area is 152 Å². The van der Waals surface area contributed by atoms with Crippen LogP contribution in [0.1, 0.15) is 25.1 Å². The maximum absolute atomic E-state index is 12.2. The second-order valence-electron chi connectivity index (χ2n) is 5.48. The number of carbonyl (C=O) groups is 2. The summed E-state index contributed by atoms with van der Waals surface area (Å²) in [5.41, 5.74) is 1.20. The van der Waals surface area contributed by atoms with E-state index in [1.165, 1.54) is 0 Å². The Bertz CT molecular complexity index is 722. The van der Waals surface area contributed by atoms with Gasteiger partial charge in [-0.25, -0.2) is 0 Å². The molecule has 138 valence electrons. The number of nitrogens with one attached hydrogen (secondary N) is 2. The highest BCUT2D eigenvalue weighted by atomic mass is 16.5. The van der Waals surface area contributed by atoms with Gasteiger partial charge in [0.2, 0.25) is 11.8 Å². The van der Waals surface area contributed by atoms with Gasteiger partial charge in [-0.15, -0.1) is 0 Å². The van der Waals surface area contributed by atoms with Crippen LogP contribution < -0.4 is 15.4 Å². The predicted octanol–water partition coefficient (Wildman–Crippen LogP) is 2.31. The third-order valence-corrected chi connectivity index (χ3v) is 3.50. The number of aromatic nitrogens is 1. The molecule has 2 N–H and O–H groups in total. The van der Waals surface area contributed by atoms with E-state index in [9.17, 15) is 9.59 Å². The van der Waals surface area contributed by atoms with Crippen molar-refractivity contribution in [2.45, 2.75) is 19.4 Å². The van der Waals surface area contributed by atoms with Crippen LogP contribution in [0.2, 0.25) is 0 Å². The molecule has 0 aliphatic heterocycles. The smallest absolute Gasteiger partial charge is 0.233 e. The zero-order valence-corrected chi connectivity index (χ0v) is 14.9. The quantitative estimate of drug-likeness (QED) is 0.672. The number of hydrogen-bond acceptors (Lipinski definition) is 5. The summed E-state index contributed by atoms with van der Waals surface area (Å²) in [6.07, 6.45) is 1.33. The summed E-state index contributed by atoms with van der Waals surface area (Å²) in [6, 6.07) is 12.1. The van der Waals surface area contributed by atoms with E-state index in [0.717, 1.165) is 0 Å². The maximum Gasteiger partial charge on any atom is 0.233 e. The number of nitrogens with zero attached hydrogens (tertiary/aromatic N) is 1. The Kier molecular flexibility index (Phi) is 7.57. The number of para-hydroxylation sites is 2. The summed E-state index contributed by atoms with van der Waals surface area (Å²) in [4.78, 5) is 28.6. The average molecular weight is 357 g/mol. The molecule has 26 heavy (non-hydrogen) atoms. The van der Waals surface area contributed by atoms with Crippen LogP contribution in [0.25, 0.3) is 0 Å². The van der Waals surface area contributed by atoms with Gasteiger partial charge in [-0.3, -0.25) is 14.6 Å². The summed E-state index contributed by atoms with van der Waals surface area (Å²) < 4.78 is 10.6. The fourth-order valence-corrected chi connectivity index (χ4v) is 2.39. The van der Waals surface area contributed by atoms with Gasteiger partial charge in [-0.05, 0) is 31.2 Å². The number of rotatable bonds is 9. The molecular formula is C19H23N3O4. The molecule has 2 rings (SSSR count). The van der Waals surface area contributed by atoms with Gasteiger partial charge in [-0.1, -0.05) is 18.2 Å². The monoisotopic (exact) mass is 357 g/mol. The molecule has 0 saturated heterocycles. The Balaban J connectivity index is 1.95. The number of pyridine rings is 1. The Morgan fingerprint density at radius 1 is 1.12 bits per heavy atom. The number of anilines is 1. The minimum Gasteiger partial charge on any atom is -0.492 e. The van der Waals surface area contributed by atoms with Gasteiger partial charge in [0.1, 0.15) is 12.2 Å². The van der Waals surface area contributed by atoms with Crippen molar-refractivity contribution >= 4 is 17.5 Å². The van der Waals surface area contributed by atoms with Crippen LogP contribution in [0.3, 0.4) is 0 Å². The molecule has 0 spiro atoms. The van der Waals surface area contributed by atoms with E-state index in [4.69, 9.17) is 9.47 Å². The van der Waals surface area contributed by atoms with E-state index in [1.807, 2.05) is 19.1 Å². The van der Waals surface area contributed by atoms with Gasteiger partial charge in [0.15, 0.2) is 0 Å². The van der Waals surface area contributed by atoms with Crippen molar-refractivity contribution in [1.82, 2.24) is 10.3 Å². The fraction of sp³-hybridized carbons (Fsp3) is 0.316. The third-order valence-electron chi connectivity index (χ3n) is 3.50. The van der Waals surface area contributed by atoms with Crippen LogP contribution in [-0.2, 0) is 14.3 Å². The van der Waals surface area contributed by atoms with E-state index >= 15 is 0 Å². The van der Waals surface area contributed by atoms with Crippen LogP contribution in [0, 0.1) is 0 Å². The highest BCUT2D eigenvalue weighted by Crippen LogP contribution is 2.23. The number of amides is 2. The molecule has 0 aliphatic rings. The van der Waals surface area contributed by atoms with E-state index in [0.29, 0.717) is 23.7 Å². The second-order valence-corrected chi connectivity index (χ2v) is 5.48. The molecule has 2 aromatic rings. The lowest BCUT2D eigenvalue weighted by Gasteiger charge is -2.17. The van der Waals surface area contributed by atoms with Gasteiger partial charge in [0.05, 0.1) is 30.6 Å². The molecule has 1 heterocycles. The Hall–Kier alpha value is -2.93. The van der Waals surface area contributed by atoms with Crippen molar-refractivity contribution in [3.63, 3.8) is 0 Å². The van der Waals surface area contributed by atoms with Crippen LogP contribution >= 0.6 is 0 Å². The van der Waals surface area contributed by atoms with Gasteiger partial charge >= 0.3 is 0 Å². The maximum atomic E-state index is 12.2. The van der Waals surface area contributed by atoms with E-state index in [2.05, 4.69) is 15.6 Å². The highest BCUT2D eigenvalue weighted by molar-refractivity contribution is 6.04. The highest BCUT2D eigenvalue weighted by Gasteiger charge is 2.18. The summed E-state index contributed by atoms with van der Waals surface area (Å²) >= 11 is 0. The standard InChI is InChI=1S/C19H23N3O4/c1-3-26-17-10-5-4-9-15(17)21-18(23)12-19(24)22-16(13-25-2)14-8-6-7-11-20-14/h4-11,16H,3,12-13H2,1-2H3,(H,21,23)(H,22,24). The zero-order chi connectivity index (χ0) is 18.8. The molecule has 2 amide bonds. The van der Waals surface area contributed by atoms with Crippen LogP contribution in [-0.4, -0.2) is 37.1 Å². The number of benzene rings is 1. The molecular weight excluding hydrogens is 334 g/mol. The van der Waals surface area contributed by atoms with Crippen LogP contribution in [0.5, 0.6) is 5.75 Å². The molecule has 1 unspecified atom stereocenters. The van der Waals surface area contributed by atoms with Crippen molar-refractivity contribution in [1.29, 1.82) is 0 Å². The first-order valence-electron chi connectivity index (χ1n) is 8.35. The van der Waals surface area contributed by atoms with Gasteiger partial charge in [0, 0.05) is 13.3 Å².